The lowest BCUT2D eigenvalue weighted by Crippen LogP contribution is -2.44. The van der Waals surface area contributed by atoms with Crippen LogP contribution in [0, 0.1) is 5.92 Å². The number of piperidine rings is 1. The molecule has 2 atom stereocenters. The molecule has 124 valence electrons. The number of guanidine groups is 1. The molecule has 0 aliphatic carbocycles. The summed E-state index contributed by atoms with van der Waals surface area (Å²) in [5.41, 5.74) is 0. The highest BCUT2D eigenvalue weighted by Gasteiger charge is 2.17. The number of rotatable bonds is 5. The summed E-state index contributed by atoms with van der Waals surface area (Å²) in [6, 6.07) is 0. The van der Waals surface area contributed by atoms with E-state index in [0.29, 0.717) is 0 Å². The van der Waals surface area contributed by atoms with Crippen LogP contribution in [0.15, 0.2) is 4.99 Å². The summed E-state index contributed by atoms with van der Waals surface area (Å²) in [5.74, 6) is 3.15. The quantitative estimate of drug-likeness (QED) is 0.403. The molecule has 21 heavy (non-hydrogen) atoms. The van der Waals surface area contributed by atoms with Crippen molar-refractivity contribution in [3.63, 3.8) is 0 Å². The van der Waals surface area contributed by atoms with Gasteiger partial charge in [0.05, 0.1) is 0 Å². The smallest absolute Gasteiger partial charge is 0.191 e. The van der Waals surface area contributed by atoms with E-state index in [4.69, 9.17) is 0 Å². The first-order valence-corrected chi connectivity index (χ1v) is 9.11. The van der Waals surface area contributed by atoms with Crippen LogP contribution >= 0.6 is 35.7 Å². The molecule has 0 bridgehead atoms. The summed E-state index contributed by atoms with van der Waals surface area (Å²) in [4.78, 5) is 6.88. The van der Waals surface area contributed by atoms with Crippen molar-refractivity contribution >= 4 is 41.7 Å². The van der Waals surface area contributed by atoms with E-state index in [-0.39, 0.29) is 24.0 Å². The maximum Gasteiger partial charge on any atom is 0.191 e. The third-order valence-corrected chi connectivity index (χ3v) is 5.60. The van der Waals surface area contributed by atoms with E-state index in [1.54, 1.807) is 0 Å². The Morgan fingerprint density at radius 3 is 2.81 bits per heavy atom. The zero-order valence-electron chi connectivity index (χ0n) is 13.4. The zero-order chi connectivity index (χ0) is 14.2. The maximum absolute atomic E-state index is 4.31. The van der Waals surface area contributed by atoms with Crippen LogP contribution in [0.4, 0.5) is 0 Å². The molecule has 0 spiro atoms. The monoisotopic (exact) mass is 426 g/mol. The molecule has 0 saturated carbocycles. The van der Waals surface area contributed by atoms with Gasteiger partial charge in [-0.15, -0.1) is 24.0 Å². The van der Waals surface area contributed by atoms with Crippen molar-refractivity contribution in [3.8, 4) is 0 Å². The second-order valence-corrected chi connectivity index (χ2v) is 7.47. The Bertz CT molecular complexity index is 308. The number of aliphatic imine (C=N–C) groups is 1. The lowest BCUT2D eigenvalue weighted by molar-refractivity contribution is 0.187. The van der Waals surface area contributed by atoms with E-state index in [2.05, 4.69) is 39.2 Å². The van der Waals surface area contributed by atoms with E-state index < -0.39 is 0 Å². The normalized spacial score (nSPS) is 27.2. The number of hydrogen-bond acceptors (Lipinski definition) is 3. The minimum absolute atomic E-state index is 0. The standard InChI is InChI=1S/C15H30N4S.HI/c1-13-5-3-8-19(12-13)9-7-17-15(16-2)18-11-14-6-4-10-20-14;/h13-14H,3-12H2,1-2H3,(H2,16,17,18);1H. The van der Waals surface area contributed by atoms with Crippen molar-refractivity contribution in [2.45, 2.75) is 37.9 Å². The number of nitrogens with one attached hydrogen (secondary N) is 2. The summed E-state index contributed by atoms with van der Waals surface area (Å²) in [6.45, 7) is 8.04. The lowest BCUT2D eigenvalue weighted by atomic mass is 10.0. The molecule has 2 saturated heterocycles. The van der Waals surface area contributed by atoms with E-state index in [1.165, 1.54) is 44.5 Å². The number of thioether (sulfide) groups is 1. The Kier molecular flexibility index (Phi) is 10.1. The molecule has 0 aromatic rings. The van der Waals surface area contributed by atoms with Crippen LogP contribution in [0.1, 0.15) is 32.6 Å². The van der Waals surface area contributed by atoms with Gasteiger partial charge in [0.15, 0.2) is 5.96 Å². The molecule has 2 fully saturated rings. The SMILES string of the molecule is CN=C(NCCN1CCCC(C)C1)NCC1CCCS1.I. The summed E-state index contributed by atoms with van der Waals surface area (Å²) >= 11 is 2.09. The molecular formula is C15H31IN4S. The third-order valence-electron chi connectivity index (χ3n) is 4.21. The van der Waals surface area contributed by atoms with Crippen LogP contribution in [-0.2, 0) is 0 Å². The fraction of sp³-hybridized carbons (Fsp3) is 0.933. The van der Waals surface area contributed by atoms with Crippen LogP contribution in [0.2, 0.25) is 0 Å². The van der Waals surface area contributed by atoms with Crippen LogP contribution in [0.3, 0.4) is 0 Å². The first-order valence-electron chi connectivity index (χ1n) is 8.06. The Hall–Kier alpha value is 0.310. The van der Waals surface area contributed by atoms with Gasteiger partial charge in [0.25, 0.3) is 0 Å². The Labute approximate surface area is 151 Å². The van der Waals surface area contributed by atoms with Gasteiger partial charge in [0.1, 0.15) is 0 Å². The van der Waals surface area contributed by atoms with Crippen molar-refractivity contribution < 1.29 is 0 Å². The van der Waals surface area contributed by atoms with Crippen LogP contribution in [-0.4, -0.2) is 61.6 Å². The van der Waals surface area contributed by atoms with E-state index in [9.17, 15) is 0 Å². The Morgan fingerprint density at radius 1 is 1.29 bits per heavy atom. The van der Waals surface area contributed by atoms with Gasteiger partial charge < -0.3 is 15.5 Å². The molecule has 4 nitrogen and oxygen atoms in total. The summed E-state index contributed by atoms with van der Waals surface area (Å²) in [7, 11) is 1.86. The molecule has 6 heteroatoms. The molecule has 0 amide bonds. The predicted octanol–water partition coefficient (Wildman–Crippen LogP) is 2.40. The molecule has 2 aliphatic heterocycles. The first-order chi connectivity index (χ1) is 9.78. The number of hydrogen-bond donors (Lipinski definition) is 2. The second-order valence-electron chi connectivity index (χ2n) is 6.06. The average molecular weight is 426 g/mol. The molecular weight excluding hydrogens is 395 g/mol. The fourth-order valence-electron chi connectivity index (χ4n) is 3.06. The lowest BCUT2D eigenvalue weighted by Gasteiger charge is -2.30. The minimum atomic E-state index is 0. The van der Waals surface area contributed by atoms with Gasteiger partial charge in [0, 0.05) is 38.5 Å². The highest BCUT2D eigenvalue weighted by atomic mass is 127. The maximum atomic E-state index is 4.31. The summed E-state index contributed by atoms with van der Waals surface area (Å²) in [6.07, 6.45) is 5.47. The van der Waals surface area contributed by atoms with Gasteiger partial charge in [-0.25, -0.2) is 0 Å². The molecule has 2 N–H and O–H groups in total. The molecule has 0 aromatic heterocycles. The van der Waals surface area contributed by atoms with Gasteiger partial charge >= 0.3 is 0 Å². The number of halogens is 1. The first kappa shape index (κ1) is 19.4. The highest BCUT2D eigenvalue weighted by Crippen LogP contribution is 2.25. The number of likely N-dealkylation sites (tertiary alicyclic amines) is 1. The minimum Gasteiger partial charge on any atom is -0.355 e. The Morgan fingerprint density at radius 2 is 2.14 bits per heavy atom. The van der Waals surface area contributed by atoms with Gasteiger partial charge in [-0.3, -0.25) is 4.99 Å². The van der Waals surface area contributed by atoms with Gasteiger partial charge in [-0.1, -0.05) is 6.92 Å². The van der Waals surface area contributed by atoms with E-state index in [1.807, 2.05) is 7.05 Å². The summed E-state index contributed by atoms with van der Waals surface area (Å²) < 4.78 is 0. The van der Waals surface area contributed by atoms with Crippen molar-refractivity contribution in [2.24, 2.45) is 10.9 Å². The van der Waals surface area contributed by atoms with Crippen LogP contribution in [0.5, 0.6) is 0 Å². The van der Waals surface area contributed by atoms with E-state index >= 15 is 0 Å². The van der Waals surface area contributed by atoms with Crippen molar-refractivity contribution in [2.75, 3.05) is 45.5 Å². The average Bonchev–Trinajstić information content (AvgIpc) is 2.96. The fourth-order valence-corrected chi connectivity index (χ4v) is 4.26. The van der Waals surface area contributed by atoms with Crippen molar-refractivity contribution in [3.05, 3.63) is 0 Å². The van der Waals surface area contributed by atoms with Crippen molar-refractivity contribution in [1.82, 2.24) is 15.5 Å². The highest BCUT2D eigenvalue weighted by molar-refractivity contribution is 14.0. The topological polar surface area (TPSA) is 39.7 Å². The molecule has 2 aliphatic rings. The van der Waals surface area contributed by atoms with Gasteiger partial charge in [-0.2, -0.15) is 11.8 Å². The Balaban J connectivity index is 0.00000220. The molecule has 0 radical (unpaired) electrons. The molecule has 2 rings (SSSR count). The zero-order valence-corrected chi connectivity index (χ0v) is 16.6. The van der Waals surface area contributed by atoms with Crippen LogP contribution in [0.25, 0.3) is 0 Å². The number of nitrogens with zero attached hydrogens (tertiary/aromatic N) is 2. The molecule has 2 heterocycles. The van der Waals surface area contributed by atoms with Gasteiger partial charge in [0.2, 0.25) is 0 Å². The van der Waals surface area contributed by atoms with Crippen molar-refractivity contribution in [1.29, 1.82) is 0 Å². The molecule has 2 unspecified atom stereocenters. The largest absolute Gasteiger partial charge is 0.355 e. The second kappa shape index (κ2) is 10.9. The predicted molar refractivity (Wildman–Crippen MR) is 105 cm³/mol. The van der Waals surface area contributed by atoms with Crippen LogP contribution < -0.4 is 10.6 Å². The molecule has 0 aromatic carbocycles. The summed E-state index contributed by atoms with van der Waals surface area (Å²) in [5, 5.41) is 7.68. The van der Waals surface area contributed by atoms with Gasteiger partial charge in [-0.05, 0) is 43.9 Å². The van der Waals surface area contributed by atoms with E-state index in [0.717, 1.165) is 36.8 Å². The third kappa shape index (κ3) is 7.41.